The maximum Gasteiger partial charge on any atom is 0.262 e. The molecule has 0 unspecified atom stereocenters. The number of aryl methyl sites for hydroxylation is 1. The molecule has 0 aromatic heterocycles. The van der Waals surface area contributed by atoms with Crippen molar-refractivity contribution in [2.75, 3.05) is 25.0 Å². The second kappa shape index (κ2) is 9.79. The summed E-state index contributed by atoms with van der Waals surface area (Å²) in [7, 11) is 0. The van der Waals surface area contributed by atoms with Crippen LogP contribution in [0.4, 0.5) is 5.69 Å². The van der Waals surface area contributed by atoms with Gasteiger partial charge in [0.05, 0.1) is 0 Å². The molecule has 30 heavy (non-hydrogen) atoms. The molecule has 5 nitrogen and oxygen atoms in total. The number of benzene rings is 2. The maximum atomic E-state index is 12.8. The minimum absolute atomic E-state index is 0.0237. The number of carbonyl (C=O) groups excluding carboxylic acids is 2. The van der Waals surface area contributed by atoms with E-state index in [2.05, 4.69) is 26.1 Å². The summed E-state index contributed by atoms with van der Waals surface area (Å²) in [5.74, 6) is 1.50. The van der Waals surface area contributed by atoms with E-state index < -0.39 is 0 Å². The lowest BCUT2D eigenvalue weighted by Gasteiger charge is -2.30. The Morgan fingerprint density at radius 2 is 1.87 bits per heavy atom. The van der Waals surface area contributed by atoms with Crippen LogP contribution in [0.1, 0.15) is 61.0 Å². The number of piperidine rings is 1. The van der Waals surface area contributed by atoms with E-state index in [1.165, 1.54) is 0 Å². The van der Waals surface area contributed by atoms with E-state index in [1.54, 1.807) is 24.3 Å². The van der Waals surface area contributed by atoms with Crippen LogP contribution < -0.4 is 10.1 Å². The number of amides is 2. The van der Waals surface area contributed by atoms with Gasteiger partial charge in [-0.25, -0.2) is 0 Å². The number of anilines is 1. The van der Waals surface area contributed by atoms with E-state index >= 15 is 0 Å². The number of hydrogen-bond acceptors (Lipinski definition) is 3. The summed E-state index contributed by atoms with van der Waals surface area (Å²) < 4.78 is 5.81. The van der Waals surface area contributed by atoms with Gasteiger partial charge >= 0.3 is 0 Å². The number of nitrogens with one attached hydrogen (secondary N) is 1. The van der Waals surface area contributed by atoms with Gasteiger partial charge in [0.25, 0.3) is 11.8 Å². The van der Waals surface area contributed by atoms with E-state index in [-0.39, 0.29) is 18.4 Å². The van der Waals surface area contributed by atoms with Crippen molar-refractivity contribution in [2.45, 2.75) is 46.5 Å². The number of nitrogens with zero attached hydrogens (tertiary/aromatic N) is 1. The highest BCUT2D eigenvalue weighted by molar-refractivity contribution is 5.97. The van der Waals surface area contributed by atoms with Gasteiger partial charge in [0, 0.05) is 24.3 Å². The standard InChI is InChI=1S/C25H32N2O3/c1-17(2)22-9-8-19(4)14-23(22)30-16-24(28)26-21-7-5-6-20(15-21)25(29)27-12-10-18(3)11-13-27/h5-9,14-15,17-18H,10-13,16H2,1-4H3,(H,26,28). The molecule has 0 aliphatic carbocycles. The third-order valence-corrected chi connectivity index (χ3v) is 5.61. The van der Waals surface area contributed by atoms with E-state index in [1.807, 2.05) is 30.0 Å². The number of hydrogen-bond donors (Lipinski definition) is 1. The minimum Gasteiger partial charge on any atom is -0.483 e. The number of rotatable bonds is 6. The summed E-state index contributed by atoms with van der Waals surface area (Å²) >= 11 is 0. The zero-order valence-corrected chi connectivity index (χ0v) is 18.4. The molecule has 2 aromatic carbocycles. The Morgan fingerprint density at radius 1 is 1.13 bits per heavy atom. The molecule has 3 rings (SSSR count). The van der Waals surface area contributed by atoms with Crippen LogP contribution in [0.3, 0.4) is 0 Å². The van der Waals surface area contributed by atoms with Crippen molar-refractivity contribution in [3.05, 3.63) is 59.2 Å². The molecule has 1 fully saturated rings. The van der Waals surface area contributed by atoms with E-state index in [0.717, 1.165) is 42.8 Å². The van der Waals surface area contributed by atoms with Gasteiger partial charge in [-0.1, -0.05) is 39.0 Å². The highest BCUT2D eigenvalue weighted by Crippen LogP contribution is 2.27. The van der Waals surface area contributed by atoms with E-state index in [9.17, 15) is 9.59 Å². The summed E-state index contributed by atoms with van der Waals surface area (Å²) in [5, 5.41) is 2.85. The summed E-state index contributed by atoms with van der Waals surface area (Å²) in [6.45, 7) is 9.93. The van der Waals surface area contributed by atoms with E-state index in [0.29, 0.717) is 23.1 Å². The van der Waals surface area contributed by atoms with Crippen LogP contribution in [0.5, 0.6) is 5.75 Å². The highest BCUT2D eigenvalue weighted by atomic mass is 16.5. The van der Waals surface area contributed by atoms with Crippen molar-refractivity contribution in [1.29, 1.82) is 0 Å². The van der Waals surface area contributed by atoms with Gasteiger partial charge in [0.2, 0.25) is 0 Å². The Hall–Kier alpha value is -2.82. The molecule has 0 bridgehead atoms. The monoisotopic (exact) mass is 408 g/mol. The van der Waals surface area contributed by atoms with Crippen LogP contribution in [-0.4, -0.2) is 36.4 Å². The fourth-order valence-corrected chi connectivity index (χ4v) is 3.71. The van der Waals surface area contributed by atoms with Gasteiger partial charge < -0.3 is 15.0 Å². The highest BCUT2D eigenvalue weighted by Gasteiger charge is 2.21. The molecule has 1 saturated heterocycles. The Bertz CT molecular complexity index is 899. The average Bonchev–Trinajstić information content (AvgIpc) is 2.72. The Balaban J connectivity index is 1.60. The number of ether oxygens (including phenoxy) is 1. The Morgan fingerprint density at radius 3 is 2.57 bits per heavy atom. The molecule has 1 N–H and O–H groups in total. The van der Waals surface area contributed by atoms with Crippen LogP contribution in [0.25, 0.3) is 0 Å². The molecule has 0 spiro atoms. The molecule has 2 amide bonds. The van der Waals surface area contributed by atoms with Gasteiger partial charge in [0.1, 0.15) is 5.75 Å². The van der Waals surface area contributed by atoms with Crippen LogP contribution in [0, 0.1) is 12.8 Å². The first kappa shape index (κ1) is 21.9. The summed E-state index contributed by atoms with van der Waals surface area (Å²) in [6.07, 6.45) is 2.08. The average molecular weight is 409 g/mol. The zero-order valence-electron chi connectivity index (χ0n) is 18.4. The lowest BCUT2D eigenvalue weighted by molar-refractivity contribution is -0.118. The van der Waals surface area contributed by atoms with Gasteiger partial charge in [0.15, 0.2) is 6.61 Å². The minimum atomic E-state index is -0.248. The third-order valence-electron chi connectivity index (χ3n) is 5.61. The van der Waals surface area contributed by atoms with Crippen molar-refractivity contribution >= 4 is 17.5 Å². The van der Waals surface area contributed by atoms with Crippen LogP contribution in [-0.2, 0) is 4.79 Å². The van der Waals surface area contributed by atoms with Crippen molar-refractivity contribution in [3.8, 4) is 5.75 Å². The molecular formula is C25H32N2O3. The summed E-state index contributed by atoms with van der Waals surface area (Å²) in [5.41, 5.74) is 3.38. The Kier molecular flexibility index (Phi) is 7.14. The quantitative estimate of drug-likeness (QED) is 0.731. The van der Waals surface area contributed by atoms with Gasteiger partial charge in [-0.05, 0) is 67.0 Å². The predicted molar refractivity (Wildman–Crippen MR) is 120 cm³/mol. The third kappa shape index (κ3) is 5.62. The fourth-order valence-electron chi connectivity index (χ4n) is 3.71. The first-order valence-electron chi connectivity index (χ1n) is 10.8. The number of likely N-dealkylation sites (tertiary alicyclic amines) is 1. The largest absolute Gasteiger partial charge is 0.483 e. The molecule has 0 radical (unpaired) electrons. The molecular weight excluding hydrogens is 376 g/mol. The van der Waals surface area contributed by atoms with Gasteiger partial charge in [-0.3, -0.25) is 9.59 Å². The first-order chi connectivity index (χ1) is 14.3. The molecule has 0 saturated carbocycles. The van der Waals surface area contributed by atoms with Gasteiger partial charge in [-0.15, -0.1) is 0 Å². The molecule has 1 aliphatic rings. The second-order valence-electron chi connectivity index (χ2n) is 8.59. The maximum absolute atomic E-state index is 12.8. The lowest BCUT2D eigenvalue weighted by atomic mass is 9.98. The summed E-state index contributed by atoms with van der Waals surface area (Å²) in [4.78, 5) is 27.1. The van der Waals surface area contributed by atoms with Crippen LogP contribution in [0.15, 0.2) is 42.5 Å². The van der Waals surface area contributed by atoms with Crippen LogP contribution >= 0.6 is 0 Å². The molecule has 160 valence electrons. The van der Waals surface area contributed by atoms with Crippen molar-refractivity contribution in [3.63, 3.8) is 0 Å². The van der Waals surface area contributed by atoms with Crippen LogP contribution in [0.2, 0.25) is 0 Å². The summed E-state index contributed by atoms with van der Waals surface area (Å²) in [6, 6.07) is 13.2. The fraction of sp³-hybridized carbons (Fsp3) is 0.440. The molecule has 1 aliphatic heterocycles. The smallest absolute Gasteiger partial charge is 0.262 e. The van der Waals surface area contributed by atoms with Crippen molar-refractivity contribution in [2.24, 2.45) is 5.92 Å². The van der Waals surface area contributed by atoms with Gasteiger partial charge in [-0.2, -0.15) is 0 Å². The molecule has 5 heteroatoms. The van der Waals surface area contributed by atoms with E-state index in [4.69, 9.17) is 4.74 Å². The molecule has 1 heterocycles. The topological polar surface area (TPSA) is 58.6 Å². The van der Waals surface area contributed by atoms with Crippen molar-refractivity contribution in [1.82, 2.24) is 4.90 Å². The predicted octanol–water partition coefficient (Wildman–Crippen LogP) is 5.01. The zero-order chi connectivity index (χ0) is 21.7. The lowest BCUT2D eigenvalue weighted by Crippen LogP contribution is -2.37. The van der Waals surface area contributed by atoms with Crippen molar-refractivity contribution < 1.29 is 14.3 Å². The molecule has 2 aromatic rings. The SMILES string of the molecule is Cc1ccc(C(C)C)c(OCC(=O)Nc2cccc(C(=O)N3CCC(C)CC3)c2)c1. The Labute approximate surface area is 179 Å². The number of carbonyl (C=O) groups is 2. The first-order valence-corrected chi connectivity index (χ1v) is 10.8. The molecule has 0 atom stereocenters. The normalized spacial score (nSPS) is 14.6. The second-order valence-corrected chi connectivity index (χ2v) is 8.59.